The van der Waals surface area contributed by atoms with Gasteiger partial charge in [0.2, 0.25) is 17.7 Å². The van der Waals surface area contributed by atoms with E-state index < -0.39 is 17.3 Å². The maximum atomic E-state index is 13.0. The maximum Gasteiger partial charge on any atom is 0.255 e. The van der Waals surface area contributed by atoms with Gasteiger partial charge >= 0.3 is 0 Å². The Hall–Kier alpha value is -3.53. The quantitative estimate of drug-likeness (QED) is 0.415. The molecular formula is C25H22B3N3O6. The molecule has 3 aliphatic heterocycles. The summed E-state index contributed by atoms with van der Waals surface area (Å²) in [5.41, 5.74) is 2.64. The lowest BCUT2D eigenvalue weighted by Crippen LogP contribution is -2.55. The number of imide groups is 1. The molecule has 182 valence electrons. The number of fused-ring (bicyclic) bond motifs is 1. The Morgan fingerprint density at radius 2 is 1.95 bits per heavy atom. The summed E-state index contributed by atoms with van der Waals surface area (Å²) < 4.78 is 11.2. The van der Waals surface area contributed by atoms with Gasteiger partial charge in [0, 0.05) is 24.1 Å². The SMILES string of the molecule is [B]c1cc(C([B])([B])N2CCOCC2=O)ccc1COc1cccc2c1CN(C1CCC(=O)NC1=O)C2=O. The summed E-state index contributed by atoms with van der Waals surface area (Å²) in [7, 11) is 18.9. The number of morpholine rings is 1. The van der Waals surface area contributed by atoms with Gasteiger partial charge in [-0.25, -0.2) is 0 Å². The molecule has 9 nitrogen and oxygen atoms in total. The van der Waals surface area contributed by atoms with E-state index in [0.717, 1.165) is 0 Å². The van der Waals surface area contributed by atoms with Crippen LogP contribution in [0.25, 0.3) is 0 Å². The normalized spacial score (nSPS) is 20.2. The third-order valence-corrected chi connectivity index (χ3v) is 6.96. The van der Waals surface area contributed by atoms with Crippen LogP contribution in [-0.4, -0.2) is 82.8 Å². The first-order valence-corrected chi connectivity index (χ1v) is 11.9. The number of hydrogen-bond acceptors (Lipinski definition) is 6. The van der Waals surface area contributed by atoms with E-state index in [1.807, 2.05) is 0 Å². The van der Waals surface area contributed by atoms with E-state index in [-0.39, 0.29) is 56.9 Å². The van der Waals surface area contributed by atoms with E-state index >= 15 is 0 Å². The van der Waals surface area contributed by atoms with Crippen molar-refractivity contribution in [2.45, 2.75) is 37.4 Å². The molecule has 2 aromatic rings. The number of carbonyl (C=O) groups is 4. The third-order valence-electron chi connectivity index (χ3n) is 6.96. The van der Waals surface area contributed by atoms with Crippen LogP contribution in [0.5, 0.6) is 5.75 Å². The summed E-state index contributed by atoms with van der Waals surface area (Å²) in [5, 5.41) is 0.750. The second kappa shape index (κ2) is 9.74. The highest BCUT2D eigenvalue weighted by Gasteiger charge is 2.40. The minimum absolute atomic E-state index is 0.0809. The molecule has 0 spiro atoms. The summed E-state index contributed by atoms with van der Waals surface area (Å²) in [6.07, 6.45) is 0.463. The van der Waals surface area contributed by atoms with Crippen molar-refractivity contribution in [1.29, 1.82) is 0 Å². The molecule has 0 saturated carbocycles. The predicted molar refractivity (Wildman–Crippen MR) is 134 cm³/mol. The van der Waals surface area contributed by atoms with E-state index in [1.54, 1.807) is 36.4 Å². The number of nitrogens with one attached hydrogen (secondary N) is 1. The van der Waals surface area contributed by atoms with E-state index in [4.69, 9.17) is 33.0 Å². The average molecular weight is 493 g/mol. The van der Waals surface area contributed by atoms with Crippen LogP contribution in [0.4, 0.5) is 0 Å². The number of amides is 4. The van der Waals surface area contributed by atoms with Gasteiger partial charge in [0.15, 0.2) is 0 Å². The predicted octanol–water partition coefficient (Wildman–Crippen LogP) is -0.873. The van der Waals surface area contributed by atoms with Crippen LogP contribution in [0.15, 0.2) is 36.4 Å². The molecule has 4 amide bonds. The van der Waals surface area contributed by atoms with Gasteiger partial charge in [0.05, 0.1) is 28.8 Å². The van der Waals surface area contributed by atoms with Crippen molar-refractivity contribution < 1.29 is 28.7 Å². The van der Waals surface area contributed by atoms with Crippen LogP contribution in [0.2, 0.25) is 0 Å². The zero-order valence-electron chi connectivity index (χ0n) is 20.1. The number of piperidine rings is 1. The van der Waals surface area contributed by atoms with Crippen LogP contribution < -0.4 is 15.5 Å². The van der Waals surface area contributed by atoms with Gasteiger partial charge < -0.3 is 19.3 Å². The molecule has 3 heterocycles. The molecule has 0 bridgehead atoms. The second-order valence-corrected chi connectivity index (χ2v) is 9.31. The van der Waals surface area contributed by atoms with Crippen molar-refractivity contribution >= 4 is 52.6 Å². The molecule has 3 aliphatic rings. The minimum Gasteiger partial charge on any atom is -0.489 e. The number of benzene rings is 2. The van der Waals surface area contributed by atoms with E-state index in [1.165, 1.54) is 9.80 Å². The Kier molecular flexibility index (Phi) is 6.62. The number of ether oxygens (including phenoxy) is 2. The zero-order valence-corrected chi connectivity index (χ0v) is 20.1. The van der Waals surface area contributed by atoms with Gasteiger partial charge in [-0.05, 0) is 35.0 Å². The van der Waals surface area contributed by atoms with Gasteiger partial charge in [-0.3, -0.25) is 24.5 Å². The minimum atomic E-state index is -1.55. The fourth-order valence-electron chi connectivity index (χ4n) is 4.89. The smallest absolute Gasteiger partial charge is 0.255 e. The van der Waals surface area contributed by atoms with E-state index in [2.05, 4.69) is 5.32 Å². The van der Waals surface area contributed by atoms with Gasteiger partial charge in [0.1, 0.15) is 32.9 Å². The Morgan fingerprint density at radius 1 is 1.14 bits per heavy atom. The summed E-state index contributed by atoms with van der Waals surface area (Å²) in [4.78, 5) is 51.9. The lowest BCUT2D eigenvalue weighted by atomic mass is 9.56. The molecule has 0 aromatic heterocycles. The summed E-state index contributed by atoms with van der Waals surface area (Å²) in [6, 6.07) is 9.48. The highest BCUT2D eigenvalue weighted by molar-refractivity contribution is 6.41. The van der Waals surface area contributed by atoms with Crippen molar-refractivity contribution in [3.8, 4) is 5.75 Å². The third kappa shape index (κ3) is 4.66. The Balaban J connectivity index is 1.30. The standard InChI is InChI=1S/C25H22B3N3O6/c26-18-10-15(25(27,28)31-8-9-36-13-22(31)33)5-4-14(18)12-37-20-3-1-2-16-17(20)11-30(24(16)35)19-6-7-21(32)29-23(19)34/h1-5,10,19H,6-9,11-13H2,(H,29,32,34). The van der Waals surface area contributed by atoms with Crippen molar-refractivity contribution in [1.82, 2.24) is 15.1 Å². The second-order valence-electron chi connectivity index (χ2n) is 9.31. The van der Waals surface area contributed by atoms with E-state index in [0.29, 0.717) is 40.1 Å². The van der Waals surface area contributed by atoms with Crippen molar-refractivity contribution in [3.05, 3.63) is 58.7 Å². The molecule has 2 aromatic carbocycles. The Labute approximate surface area is 218 Å². The average Bonchev–Trinajstić information content (AvgIpc) is 3.20. The van der Waals surface area contributed by atoms with Crippen molar-refractivity contribution in [2.24, 2.45) is 0 Å². The monoisotopic (exact) mass is 493 g/mol. The first kappa shape index (κ1) is 25.1. The molecule has 1 unspecified atom stereocenters. The summed E-state index contributed by atoms with van der Waals surface area (Å²) in [6.45, 7) is 0.830. The molecule has 2 fully saturated rings. The molecule has 0 aliphatic carbocycles. The van der Waals surface area contributed by atoms with Crippen LogP contribution >= 0.6 is 0 Å². The maximum absolute atomic E-state index is 13.0. The lowest BCUT2D eigenvalue weighted by molar-refractivity contribution is -0.145. The summed E-state index contributed by atoms with van der Waals surface area (Å²) >= 11 is 0. The highest BCUT2D eigenvalue weighted by Crippen LogP contribution is 2.34. The molecule has 1 N–H and O–H groups in total. The fourth-order valence-corrected chi connectivity index (χ4v) is 4.89. The zero-order chi connectivity index (χ0) is 26.3. The molecule has 5 rings (SSSR count). The van der Waals surface area contributed by atoms with Gasteiger partial charge in [-0.2, -0.15) is 0 Å². The Morgan fingerprint density at radius 3 is 2.68 bits per heavy atom. The van der Waals surface area contributed by atoms with E-state index in [9.17, 15) is 19.2 Å². The van der Waals surface area contributed by atoms with Gasteiger partial charge in [0.25, 0.3) is 5.91 Å². The molecular weight excluding hydrogens is 471 g/mol. The molecule has 12 heteroatoms. The molecule has 1 atom stereocenters. The highest BCUT2D eigenvalue weighted by atomic mass is 16.5. The van der Waals surface area contributed by atoms with Crippen LogP contribution in [-0.2, 0) is 37.6 Å². The van der Waals surface area contributed by atoms with Crippen molar-refractivity contribution in [2.75, 3.05) is 19.8 Å². The molecule has 37 heavy (non-hydrogen) atoms. The number of hydrogen-bond donors (Lipinski definition) is 1. The van der Waals surface area contributed by atoms with Crippen LogP contribution in [0, 0.1) is 0 Å². The number of nitrogens with zero attached hydrogens (tertiary/aromatic N) is 2. The Bertz CT molecular complexity index is 1300. The largest absolute Gasteiger partial charge is 0.489 e. The first-order valence-electron chi connectivity index (χ1n) is 11.9. The summed E-state index contributed by atoms with van der Waals surface area (Å²) in [5.74, 6) is -0.895. The first-order chi connectivity index (χ1) is 17.7. The van der Waals surface area contributed by atoms with Gasteiger partial charge in [-0.1, -0.05) is 29.7 Å². The molecule has 2 saturated heterocycles. The van der Waals surface area contributed by atoms with Crippen molar-refractivity contribution in [3.63, 3.8) is 0 Å². The number of rotatable bonds is 6. The fraction of sp³-hybridized carbons (Fsp3) is 0.360. The van der Waals surface area contributed by atoms with Gasteiger partial charge in [-0.15, -0.1) is 0 Å². The molecule has 6 radical (unpaired) electrons. The van der Waals surface area contributed by atoms with Crippen LogP contribution in [0.1, 0.15) is 39.9 Å². The lowest BCUT2D eigenvalue weighted by Gasteiger charge is -2.42. The number of carbonyl (C=O) groups excluding carboxylic acids is 4. The van der Waals surface area contributed by atoms with Crippen LogP contribution in [0.3, 0.4) is 0 Å². The topological polar surface area (TPSA) is 105 Å².